The molecule has 1 atom stereocenters. The molecular formula is C17H16FNO3S. The first kappa shape index (κ1) is 15.7. The molecule has 0 saturated carbocycles. The minimum atomic E-state index is -1.04. The third-order valence-electron chi connectivity index (χ3n) is 4.04. The number of anilines is 1. The van der Waals surface area contributed by atoms with Crippen LogP contribution < -0.4 is 5.32 Å². The Hall–Kier alpha value is -2.21. The van der Waals surface area contributed by atoms with Crippen molar-refractivity contribution in [1.29, 1.82) is 0 Å². The summed E-state index contributed by atoms with van der Waals surface area (Å²) < 4.78 is 13.2. The summed E-state index contributed by atoms with van der Waals surface area (Å²) >= 11 is 1.31. The molecule has 1 aliphatic rings. The van der Waals surface area contributed by atoms with Gasteiger partial charge in [0.15, 0.2) is 0 Å². The van der Waals surface area contributed by atoms with E-state index in [9.17, 15) is 19.1 Å². The van der Waals surface area contributed by atoms with Gasteiger partial charge in [-0.1, -0.05) is 13.0 Å². The number of carboxylic acid groups (broad SMARTS) is 1. The Kier molecular flexibility index (Phi) is 4.17. The van der Waals surface area contributed by atoms with E-state index in [2.05, 4.69) is 12.2 Å². The minimum absolute atomic E-state index is 0.168. The molecule has 2 aromatic rings. The Morgan fingerprint density at radius 1 is 1.39 bits per heavy atom. The SMILES string of the molecule is CC1CCc2c(sc(NC(=O)c3cccc(F)c3)c2C(=O)O)C1. The first-order chi connectivity index (χ1) is 11.0. The van der Waals surface area contributed by atoms with Crippen LogP contribution in [-0.2, 0) is 12.8 Å². The number of rotatable bonds is 3. The molecule has 0 aliphatic heterocycles. The van der Waals surface area contributed by atoms with E-state index >= 15 is 0 Å². The standard InChI is InChI=1S/C17H16FNO3S/c1-9-5-6-12-13(7-9)23-16(14(12)17(21)22)19-15(20)10-3-2-4-11(18)8-10/h2-4,8-9H,5-7H2,1H3,(H,19,20)(H,21,22). The number of carboxylic acids is 1. The van der Waals surface area contributed by atoms with E-state index in [4.69, 9.17) is 0 Å². The molecule has 23 heavy (non-hydrogen) atoms. The molecule has 0 saturated heterocycles. The van der Waals surface area contributed by atoms with Crippen molar-refractivity contribution in [2.75, 3.05) is 5.32 Å². The largest absolute Gasteiger partial charge is 0.478 e. The molecule has 0 bridgehead atoms. The van der Waals surface area contributed by atoms with Crippen LogP contribution in [-0.4, -0.2) is 17.0 Å². The topological polar surface area (TPSA) is 66.4 Å². The number of aromatic carboxylic acids is 1. The third kappa shape index (κ3) is 3.12. The lowest BCUT2D eigenvalue weighted by atomic mass is 9.88. The summed E-state index contributed by atoms with van der Waals surface area (Å²) in [4.78, 5) is 24.9. The normalized spacial score (nSPS) is 16.7. The number of halogens is 1. The van der Waals surface area contributed by atoms with Gasteiger partial charge < -0.3 is 10.4 Å². The number of carbonyl (C=O) groups excluding carboxylic acids is 1. The van der Waals surface area contributed by atoms with E-state index in [0.717, 1.165) is 29.3 Å². The zero-order valence-electron chi connectivity index (χ0n) is 12.6. The molecule has 1 aromatic heterocycles. The van der Waals surface area contributed by atoms with Crippen LogP contribution in [0, 0.1) is 11.7 Å². The quantitative estimate of drug-likeness (QED) is 0.893. The van der Waals surface area contributed by atoms with Crippen LogP contribution >= 0.6 is 11.3 Å². The summed E-state index contributed by atoms with van der Waals surface area (Å²) in [6.45, 7) is 2.13. The van der Waals surface area contributed by atoms with Gasteiger partial charge in [0.2, 0.25) is 0 Å². The molecule has 1 aliphatic carbocycles. The molecule has 6 heteroatoms. The van der Waals surface area contributed by atoms with Crippen molar-refractivity contribution in [2.24, 2.45) is 5.92 Å². The number of amides is 1. The smallest absolute Gasteiger partial charge is 0.339 e. The maximum atomic E-state index is 13.2. The van der Waals surface area contributed by atoms with Gasteiger partial charge >= 0.3 is 5.97 Å². The zero-order chi connectivity index (χ0) is 16.6. The van der Waals surface area contributed by atoms with E-state index in [1.807, 2.05) is 0 Å². The Bertz CT molecular complexity index is 784. The van der Waals surface area contributed by atoms with Crippen LogP contribution in [0.3, 0.4) is 0 Å². The van der Waals surface area contributed by atoms with Crippen LogP contribution in [0.4, 0.5) is 9.39 Å². The van der Waals surface area contributed by atoms with Crippen molar-refractivity contribution >= 4 is 28.2 Å². The molecule has 0 spiro atoms. The van der Waals surface area contributed by atoms with Crippen molar-refractivity contribution < 1.29 is 19.1 Å². The number of hydrogen-bond donors (Lipinski definition) is 2. The van der Waals surface area contributed by atoms with Crippen LogP contribution in [0.15, 0.2) is 24.3 Å². The molecule has 1 heterocycles. The predicted molar refractivity (Wildman–Crippen MR) is 86.8 cm³/mol. The molecule has 2 N–H and O–H groups in total. The molecule has 1 amide bonds. The Balaban J connectivity index is 1.94. The van der Waals surface area contributed by atoms with Crippen molar-refractivity contribution in [3.63, 3.8) is 0 Å². The second-order valence-electron chi connectivity index (χ2n) is 5.83. The average Bonchev–Trinajstić information content (AvgIpc) is 2.84. The summed E-state index contributed by atoms with van der Waals surface area (Å²) in [5, 5.41) is 12.5. The van der Waals surface area contributed by atoms with Gasteiger partial charge in [0.25, 0.3) is 5.91 Å². The zero-order valence-corrected chi connectivity index (χ0v) is 13.4. The van der Waals surface area contributed by atoms with Crippen LogP contribution in [0.25, 0.3) is 0 Å². The van der Waals surface area contributed by atoms with Crippen LogP contribution in [0.1, 0.15) is 44.5 Å². The highest BCUT2D eigenvalue weighted by Crippen LogP contribution is 2.39. The Morgan fingerprint density at radius 2 is 2.17 bits per heavy atom. The average molecular weight is 333 g/mol. The monoisotopic (exact) mass is 333 g/mol. The van der Waals surface area contributed by atoms with Gasteiger partial charge in [-0.25, -0.2) is 9.18 Å². The molecule has 0 fully saturated rings. The molecule has 1 aromatic carbocycles. The van der Waals surface area contributed by atoms with E-state index in [0.29, 0.717) is 17.3 Å². The van der Waals surface area contributed by atoms with E-state index in [1.165, 1.54) is 29.5 Å². The number of fused-ring (bicyclic) bond motifs is 1. The molecule has 0 radical (unpaired) electrons. The molecule has 1 unspecified atom stereocenters. The lowest BCUT2D eigenvalue weighted by Crippen LogP contribution is -2.15. The van der Waals surface area contributed by atoms with Gasteiger partial charge in [-0.3, -0.25) is 4.79 Å². The summed E-state index contributed by atoms with van der Waals surface area (Å²) in [5.74, 6) is -1.53. The highest BCUT2D eigenvalue weighted by Gasteiger charge is 2.28. The minimum Gasteiger partial charge on any atom is -0.478 e. The Morgan fingerprint density at radius 3 is 2.87 bits per heavy atom. The first-order valence-electron chi connectivity index (χ1n) is 7.40. The maximum absolute atomic E-state index is 13.2. The van der Waals surface area contributed by atoms with E-state index in [-0.39, 0.29) is 11.1 Å². The fraction of sp³-hybridized carbons (Fsp3) is 0.294. The van der Waals surface area contributed by atoms with Crippen molar-refractivity contribution in [3.05, 3.63) is 51.7 Å². The summed E-state index contributed by atoms with van der Waals surface area (Å²) in [6.07, 6.45) is 2.49. The van der Waals surface area contributed by atoms with Gasteiger partial charge in [-0.15, -0.1) is 11.3 Å². The summed E-state index contributed by atoms with van der Waals surface area (Å²) in [6, 6.07) is 5.33. The van der Waals surface area contributed by atoms with Gasteiger partial charge in [-0.05, 0) is 48.9 Å². The maximum Gasteiger partial charge on any atom is 0.339 e. The number of hydrogen-bond acceptors (Lipinski definition) is 3. The third-order valence-corrected chi connectivity index (χ3v) is 5.21. The summed E-state index contributed by atoms with van der Waals surface area (Å²) in [5.41, 5.74) is 1.18. The highest BCUT2D eigenvalue weighted by atomic mass is 32.1. The highest BCUT2D eigenvalue weighted by molar-refractivity contribution is 7.17. The van der Waals surface area contributed by atoms with Gasteiger partial charge in [0.1, 0.15) is 10.8 Å². The van der Waals surface area contributed by atoms with Crippen molar-refractivity contribution in [2.45, 2.75) is 26.2 Å². The first-order valence-corrected chi connectivity index (χ1v) is 8.22. The summed E-state index contributed by atoms with van der Waals surface area (Å²) in [7, 11) is 0. The number of nitrogens with one attached hydrogen (secondary N) is 1. The number of benzene rings is 1. The second kappa shape index (κ2) is 6.12. The fourth-order valence-electron chi connectivity index (χ4n) is 2.87. The lowest BCUT2D eigenvalue weighted by molar-refractivity contribution is 0.0697. The number of carbonyl (C=O) groups is 2. The second-order valence-corrected chi connectivity index (χ2v) is 6.93. The Labute approximate surface area is 137 Å². The molecule has 120 valence electrons. The van der Waals surface area contributed by atoms with Crippen molar-refractivity contribution in [1.82, 2.24) is 0 Å². The molecule has 3 rings (SSSR count). The molecule has 4 nitrogen and oxygen atoms in total. The van der Waals surface area contributed by atoms with Gasteiger partial charge in [0, 0.05) is 10.4 Å². The van der Waals surface area contributed by atoms with Crippen LogP contribution in [0.5, 0.6) is 0 Å². The predicted octanol–water partition coefficient (Wildman–Crippen LogP) is 3.96. The van der Waals surface area contributed by atoms with Crippen molar-refractivity contribution in [3.8, 4) is 0 Å². The van der Waals surface area contributed by atoms with E-state index in [1.54, 1.807) is 0 Å². The van der Waals surface area contributed by atoms with E-state index < -0.39 is 17.7 Å². The van der Waals surface area contributed by atoms with Gasteiger partial charge in [0.05, 0.1) is 5.56 Å². The van der Waals surface area contributed by atoms with Gasteiger partial charge in [-0.2, -0.15) is 0 Å². The van der Waals surface area contributed by atoms with Crippen LogP contribution in [0.2, 0.25) is 0 Å². The number of thiophene rings is 1. The fourth-order valence-corrected chi connectivity index (χ4v) is 4.27. The molecular weight excluding hydrogens is 317 g/mol. The lowest BCUT2D eigenvalue weighted by Gasteiger charge is -2.17.